The molecule has 0 aromatic carbocycles. The van der Waals surface area contributed by atoms with Gasteiger partial charge in [0.2, 0.25) is 0 Å². The van der Waals surface area contributed by atoms with Crippen molar-refractivity contribution in [2.75, 3.05) is 20.2 Å². The number of esters is 1. The van der Waals surface area contributed by atoms with Gasteiger partial charge in [-0.3, -0.25) is 9.59 Å². The number of nitrogens with zero attached hydrogens (tertiary/aromatic N) is 1. The Morgan fingerprint density at radius 1 is 1.27 bits per heavy atom. The van der Waals surface area contributed by atoms with E-state index in [2.05, 4.69) is 0 Å². The minimum atomic E-state index is -0.747. The van der Waals surface area contributed by atoms with Crippen LogP contribution in [-0.2, 0) is 19.1 Å². The lowest BCUT2D eigenvalue weighted by atomic mass is 9.71. The van der Waals surface area contributed by atoms with Crippen molar-refractivity contribution in [1.82, 2.24) is 4.90 Å². The van der Waals surface area contributed by atoms with Crippen LogP contribution in [0.4, 0.5) is 4.79 Å². The maximum absolute atomic E-state index is 12.3. The number of carbonyl (C=O) groups is 3. The number of hydrogen-bond acceptors (Lipinski definition) is 5. The van der Waals surface area contributed by atoms with Gasteiger partial charge in [0.05, 0.1) is 7.11 Å². The minimum Gasteiger partial charge on any atom is -0.468 e. The van der Waals surface area contributed by atoms with Crippen molar-refractivity contribution in [3.05, 3.63) is 0 Å². The van der Waals surface area contributed by atoms with Gasteiger partial charge in [0.25, 0.3) is 0 Å². The zero-order chi connectivity index (χ0) is 16.5. The molecular weight excluding hydrogens is 286 g/mol. The number of likely N-dealkylation sites (tertiary alicyclic amines) is 1. The molecule has 1 aliphatic heterocycles. The molecule has 1 saturated heterocycles. The van der Waals surface area contributed by atoms with Crippen LogP contribution < -0.4 is 0 Å². The largest absolute Gasteiger partial charge is 0.468 e. The van der Waals surface area contributed by atoms with E-state index >= 15 is 0 Å². The van der Waals surface area contributed by atoms with E-state index in [1.54, 1.807) is 4.90 Å². The molecule has 2 unspecified atom stereocenters. The second-order valence-electron chi connectivity index (χ2n) is 7.29. The van der Waals surface area contributed by atoms with Gasteiger partial charge in [0.15, 0.2) is 0 Å². The first kappa shape index (κ1) is 16.8. The van der Waals surface area contributed by atoms with Crippen molar-refractivity contribution in [3.8, 4) is 0 Å². The quantitative estimate of drug-likeness (QED) is 0.548. The van der Waals surface area contributed by atoms with Crippen LogP contribution >= 0.6 is 0 Å². The molecule has 0 aromatic rings. The number of amides is 1. The average molecular weight is 311 g/mol. The summed E-state index contributed by atoms with van der Waals surface area (Å²) in [4.78, 5) is 38.1. The molecule has 2 fully saturated rings. The molecule has 0 bridgehead atoms. The van der Waals surface area contributed by atoms with Crippen molar-refractivity contribution in [3.63, 3.8) is 0 Å². The van der Waals surface area contributed by atoms with Crippen LogP contribution in [0, 0.1) is 11.3 Å². The summed E-state index contributed by atoms with van der Waals surface area (Å²) in [5.74, 6) is -1.30. The van der Waals surface area contributed by atoms with Gasteiger partial charge in [-0.1, -0.05) is 0 Å². The lowest BCUT2D eigenvalue weighted by Crippen LogP contribution is -2.51. The van der Waals surface area contributed by atoms with Gasteiger partial charge in [0.1, 0.15) is 17.3 Å². The van der Waals surface area contributed by atoms with Crippen molar-refractivity contribution in [2.45, 2.75) is 52.1 Å². The fraction of sp³-hybridized carbons (Fsp3) is 0.812. The van der Waals surface area contributed by atoms with E-state index in [0.717, 1.165) is 12.8 Å². The Labute approximate surface area is 131 Å². The summed E-state index contributed by atoms with van der Waals surface area (Å²) in [5, 5.41) is 0. The van der Waals surface area contributed by atoms with Crippen LogP contribution in [0.2, 0.25) is 0 Å². The highest BCUT2D eigenvalue weighted by Crippen LogP contribution is 2.48. The molecule has 2 rings (SSSR count). The minimum absolute atomic E-state index is 0.0714. The number of ether oxygens (including phenoxy) is 2. The lowest BCUT2D eigenvalue weighted by Gasteiger charge is -2.42. The summed E-state index contributed by atoms with van der Waals surface area (Å²) >= 11 is 0. The smallest absolute Gasteiger partial charge is 0.410 e. The summed E-state index contributed by atoms with van der Waals surface area (Å²) in [7, 11) is 1.30. The molecule has 1 aliphatic carbocycles. The van der Waals surface area contributed by atoms with Crippen LogP contribution in [0.5, 0.6) is 0 Å². The lowest BCUT2D eigenvalue weighted by molar-refractivity contribution is -0.154. The molecule has 124 valence electrons. The van der Waals surface area contributed by atoms with Crippen molar-refractivity contribution in [1.29, 1.82) is 0 Å². The highest BCUT2D eigenvalue weighted by molar-refractivity contribution is 6.01. The summed E-state index contributed by atoms with van der Waals surface area (Å²) in [6.45, 7) is 6.44. The monoisotopic (exact) mass is 311 g/mol. The molecule has 2 atom stereocenters. The van der Waals surface area contributed by atoms with Crippen LogP contribution in [0.3, 0.4) is 0 Å². The molecule has 2 aliphatic rings. The molecule has 1 amide bonds. The Morgan fingerprint density at radius 3 is 2.55 bits per heavy atom. The number of ketones is 1. The highest BCUT2D eigenvalue weighted by atomic mass is 16.6. The average Bonchev–Trinajstić information content (AvgIpc) is 2.73. The number of methoxy groups -OCH3 is 1. The van der Waals surface area contributed by atoms with Crippen molar-refractivity contribution in [2.24, 2.45) is 11.3 Å². The topological polar surface area (TPSA) is 72.9 Å². The maximum Gasteiger partial charge on any atom is 0.410 e. The molecular formula is C16H25NO5. The van der Waals surface area contributed by atoms with Gasteiger partial charge in [0, 0.05) is 24.9 Å². The first-order valence-corrected chi connectivity index (χ1v) is 7.77. The van der Waals surface area contributed by atoms with E-state index in [0.29, 0.717) is 25.9 Å². The summed E-state index contributed by atoms with van der Waals surface area (Å²) in [6.07, 6.45) is 2.15. The third kappa shape index (κ3) is 3.25. The van der Waals surface area contributed by atoms with E-state index in [-0.39, 0.29) is 11.9 Å². The molecule has 0 N–H and O–H groups in total. The molecule has 0 aromatic heterocycles. The fourth-order valence-electron chi connectivity index (χ4n) is 3.58. The van der Waals surface area contributed by atoms with Crippen LogP contribution in [0.1, 0.15) is 46.5 Å². The second-order valence-corrected chi connectivity index (χ2v) is 7.29. The van der Waals surface area contributed by atoms with E-state index in [1.165, 1.54) is 7.11 Å². The first-order valence-electron chi connectivity index (χ1n) is 7.77. The second kappa shape index (κ2) is 5.89. The number of Topliss-reactive ketones (excluding diaryl/α,β-unsaturated/α-hetero) is 1. The predicted molar refractivity (Wildman–Crippen MR) is 79.2 cm³/mol. The van der Waals surface area contributed by atoms with Crippen molar-refractivity contribution >= 4 is 17.8 Å². The zero-order valence-corrected chi connectivity index (χ0v) is 13.8. The first-order chi connectivity index (χ1) is 10.2. The van der Waals surface area contributed by atoms with Gasteiger partial charge >= 0.3 is 12.1 Å². The third-order valence-electron chi connectivity index (χ3n) is 4.50. The SMILES string of the molecule is COC(=O)C1C(=O)CCC12CCCN(C(=O)OC(C)(C)C)C2. The molecule has 1 spiro atoms. The fourth-order valence-corrected chi connectivity index (χ4v) is 3.58. The van der Waals surface area contributed by atoms with E-state index in [1.807, 2.05) is 20.8 Å². The van der Waals surface area contributed by atoms with Crippen LogP contribution in [-0.4, -0.2) is 48.5 Å². The summed E-state index contributed by atoms with van der Waals surface area (Å²) in [5.41, 5.74) is -1.05. The Bertz CT molecular complexity index is 481. The standard InChI is InChI=1S/C16H25NO5/c1-15(2,3)22-14(20)17-9-5-7-16(10-17)8-6-11(18)12(16)13(19)21-4/h12H,5-10H2,1-4H3. The predicted octanol–water partition coefficient (Wildman–Crippen LogP) is 2.16. The summed E-state index contributed by atoms with van der Waals surface area (Å²) in [6, 6.07) is 0. The van der Waals surface area contributed by atoms with Gasteiger partial charge in [-0.05, 0) is 40.0 Å². The number of carbonyl (C=O) groups excluding carboxylic acids is 3. The Morgan fingerprint density at radius 2 is 1.95 bits per heavy atom. The van der Waals surface area contributed by atoms with Crippen LogP contribution in [0.15, 0.2) is 0 Å². The van der Waals surface area contributed by atoms with Crippen molar-refractivity contribution < 1.29 is 23.9 Å². The molecule has 6 nitrogen and oxygen atoms in total. The van der Waals surface area contributed by atoms with E-state index < -0.39 is 22.9 Å². The Kier molecular flexibility index (Phi) is 4.49. The normalized spacial score (nSPS) is 28.8. The van der Waals surface area contributed by atoms with Gasteiger partial charge in [-0.15, -0.1) is 0 Å². The molecule has 0 radical (unpaired) electrons. The Balaban J connectivity index is 2.16. The van der Waals surface area contributed by atoms with Crippen LogP contribution in [0.25, 0.3) is 0 Å². The molecule has 1 saturated carbocycles. The summed E-state index contributed by atoms with van der Waals surface area (Å²) < 4.78 is 10.2. The number of rotatable bonds is 1. The van der Waals surface area contributed by atoms with Gasteiger partial charge in [-0.2, -0.15) is 0 Å². The number of hydrogen-bond donors (Lipinski definition) is 0. The zero-order valence-electron chi connectivity index (χ0n) is 13.8. The third-order valence-corrected chi connectivity index (χ3v) is 4.50. The molecule has 1 heterocycles. The number of piperidine rings is 1. The van der Waals surface area contributed by atoms with E-state index in [9.17, 15) is 14.4 Å². The highest BCUT2D eigenvalue weighted by Gasteiger charge is 2.54. The Hall–Kier alpha value is -1.59. The van der Waals surface area contributed by atoms with Gasteiger partial charge in [-0.25, -0.2) is 4.79 Å². The maximum atomic E-state index is 12.3. The van der Waals surface area contributed by atoms with E-state index in [4.69, 9.17) is 9.47 Å². The molecule has 22 heavy (non-hydrogen) atoms. The van der Waals surface area contributed by atoms with Gasteiger partial charge < -0.3 is 14.4 Å². The molecule has 6 heteroatoms.